The molecule has 8 heteroatoms. The van der Waals surface area contributed by atoms with Crippen molar-refractivity contribution in [1.82, 2.24) is 0 Å². The van der Waals surface area contributed by atoms with Crippen LogP contribution in [0.3, 0.4) is 0 Å². The van der Waals surface area contributed by atoms with Crippen molar-refractivity contribution in [2.45, 2.75) is 79.1 Å². The summed E-state index contributed by atoms with van der Waals surface area (Å²) in [6.45, 7) is 7.87. The molecule has 2 aromatic rings. The van der Waals surface area contributed by atoms with Crippen LogP contribution in [-0.4, -0.2) is 26.6 Å². The van der Waals surface area contributed by atoms with Crippen LogP contribution in [0.5, 0.6) is 11.5 Å². The topological polar surface area (TPSA) is 139 Å². The molecule has 0 aliphatic rings. The van der Waals surface area contributed by atoms with Gasteiger partial charge in [-0.3, -0.25) is 19.2 Å². The average Bonchev–Trinajstić information content (AvgIpc) is 2.75. The Labute approximate surface area is 198 Å². The first kappa shape index (κ1) is 27.1. The van der Waals surface area contributed by atoms with E-state index in [9.17, 15) is 29.4 Å². The van der Waals surface area contributed by atoms with Gasteiger partial charge in [-0.1, -0.05) is 27.7 Å². The summed E-state index contributed by atoms with van der Waals surface area (Å²) in [5.74, 6) is -0.280. The number of aromatic hydroxyl groups is 2. The molecule has 0 amide bonds. The minimum absolute atomic E-state index is 0.0105. The smallest absolute Gasteiger partial charge is 0.390 e. The van der Waals surface area contributed by atoms with E-state index >= 15 is 0 Å². The molecule has 0 atom stereocenters. The molecule has 0 aliphatic carbocycles. The van der Waals surface area contributed by atoms with Gasteiger partial charge in [-0.25, -0.2) is 0 Å². The molecule has 0 spiro atoms. The Morgan fingerprint density at radius 2 is 1.41 bits per heavy atom. The average molecular weight is 476 g/mol. The van der Waals surface area contributed by atoms with Crippen LogP contribution < -0.4 is 10.9 Å². The molecule has 0 fully saturated rings. The molecule has 2 rings (SSSR count). The highest BCUT2D eigenvalue weighted by atomic mass is 16.4. The second-order valence-electron chi connectivity index (χ2n) is 10.5. The Morgan fingerprint density at radius 1 is 0.853 bits per heavy atom. The Morgan fingerprint density at radius 3 is 1.97 bits per heavy atom. The fourth-order valence-corrected chi connectivity index (χ4v) is 3.77. The molecule has 0 saturated heterocycles. The van der Waals surface area contributed by atoms with Crippen molar-refractivity contribution in [3.63, 3.8) is 0 Å². The highest BCUT2D eigenvalue weighted by Gasteiger charge is 2.25. The van der Waals surface area contributed by atoms with Gasteiger partial charge in [-0.05, 0) is 30.1 Å². The summed E-state index contributed by atoms with van der Waals surface area (Å²) in [7, 11) is 0. The van der Waals surface area contributed by atoms with Gasteiger partial charge in [-0.2, -0.15) is 0 Å². The predicted molar refractivity (Wildman–Crippen MR) is 125 cm³/mol. The Hall–Kier alpha value is -3.16. The fraction of sp³-hybridized carbons (Fsp3) is 0.538. The monoisotopic (exact) mass is 475 g/mol. The first-order chi connectivity index (χ1) is 15.8. The van der Waals surface area contributed by atoms with Crippen molar-refractivity contribution in [3.05, 3.63) is 51.8 Å². The van der Waals surface area contributed by atoms with Gasteiger partial charge in [0, 0.05) is 38.2 Å². The summed E-state index contributed by atoms with van der Waals surface area (Å²) in [6, 6.07) is 1.26. The van der Waals surface area contributed by atoms with Gasteiger partial charge in [0.15, 0.2) is 5.75 Å². The second-order valence-corrected chi connectivity index (χ2v) is 10.5. The van der Waals surface area contributed by atoms with Gasteiger partial charge in [0.2, 0.25) is 5.43 Å². The van der Waals surface area contributed by atoms with Crippen LogP contribution in [0, 0.1) is 10.8 Å². The molecule has 2 aromatic heterocycles. The van der Waals surface area contributed by atoms with Crippen LogP contribution in [0.25, 0.3) is 0 Å². The normalized spacial score (nSPS) is 12.0. The fourth-order valence-electron chi connectivity index (χ4n) is 3.77. The van der Waals surface area contributed by atoms with Crippen LogP contribution in [0.15, 0.2) is 38.5 Å². The predicted octanol–water partition coefficient (Wildman–Crippen LogP) is 3.97. The standard InChI is InChI=1S/C26H34O8/c1-25(2,12-17-14-33-15-23(31)24(17)32)9-7-18(27)5-6-19(28)8-10-26(3,4)13-20-11-21(29)22(30)16-34-20/h11,14-16,30-31H,5-10,12-13H2,1-4H3/p+1. The number of hydrogen-bond donors (Lipinski definition) is 2. The van der Waals surface area contributed by atoms with E-state index in [-0.39, 0.29) is 46.4 Å². The van der Waals surface area contributed by atoms with E-state index in [4.69, 9.17) is 8.83 Å². The number of hydrogen-bond acceptors (Lipinski definition) is 7. The minimum Gasteiger partial charge on any atom is -0.502 e. The third-order valence-electron chi connectivity index (χ3n) is 5.97. The van der Waals surface area contributed by atoms with Crippen LogP contribution in [0.4, 0.5) is 0 Å². The zero-order valence-corrected chi connectivity index (χ0v) is 20.3. The van der Waals surface area contributed by atoms with Crippen molar-refractivity contribution < 1.29 is 33.4 Å². The summed E-state index contributed by atoms with van der Waals surface area (Å²) >= 11 is 0. The summed E-state index contributed by atoms with van der Waals surface area (Å²) in [6.07, 6.45) is 6.52. The van der Waals surface area contributed by atoms with Crippen molar-refractivity contribution in [1.29, 1.82) is 0 Å². The number of rotatable bonds is 13. The number of Topliss-reactive ketones (excluding diaryl/α,β-unsaturated/α-hetero) is 2. The molecule has 2 heterocycles. The first-order valence-electron chi connectivity index (χ1n) is 11.4. The molecule has 0 aromatic carbocycles. The van der Waals surface area contributed by atoms with Crippen LogP contribution >= 0.6 is 0 Å². The van der Waals surface area contributed by atoms with Crippen LogP contribution in [0.2, 0.25) is 0 Å². The van der Waals surface area contributed by atoms with E-state index in [0.29, 0.717) is 49.8 Å². The van der Waals surface area contributed by atoms with Crippen molar-refractivity contribution in [2.75, 3.05) is 0 Å². The third-order valence-corrected chi connectivity index (χ3v) is 5.97. The molecule has 34 heavy (non-hydrogen) atoms. The van der Waals surface area contributed by atoms with Gasteiger partial charge >= 0.3 is 5.43 Å². The lowest BCUT2D eigenvalue weighted by molar-refractivity contribution is -0.124. The Kier molecular flexibility index (Phi) is 9.01. The second kappa shape index (κ2) is 11.3. The molecule has 0 radical (unpaired) electrons. The van der Waals surface area contributed by atoms with E-state index in [2.05, 4.69) is 0 Å². The Bertz CT molecular complexity index is 1120. The molecule has 8 nitrogen and oxygen atoms in total. The van der Waals surface area contributed by atoms with E-state index in [0.717, 1.165) is 12.5 Å². The van der Waals surface area contributed by atoms with Gasteiger partial charge < -0.3 is 19.0 Å². The molecular formula is C26H35O8+. The van der Waals surface area contributed by atoms with Crippen molar-refractivity contribution in [3.8, 4) is 11.5 Å². The number of carbonyl (C=O) groups is 2. The number of carbonyl (C=O) groups excluding carboxylic acids is 2. The van der Waals surface area contributed by atoms with E-state index in [1.807, 2.05) is 27.7 Å². The van der Waals surface area contributed by atoms with Crippen molar-refractivity contribution in [2.24, 2.45) is 10.8 Å². The lowest BCUT2D eigenvalue weighted by Gasteiger charge is -2.23. The molecule has 3 N–H and O–H groups in total. The van der Waals surface area contributed by atoms with Crippen LogP contribution in [0.1, 0.15) is 77.5 Å². The maximum atomic E-state index is 12.3. The summed E-state index contributed by atoms with van der Waals surface area (Å²) in [4.78, 5) is 46.2. The summed E-state index contributed by atoms with van der Waals surface area (Å²) in [5.41, 5.74) is -0.842. The van der Waals surface area contributed by atoms with Gasteiger partial charge in [0.1, 0.15) is 36.1 Å². The van der Waals surface area contributed by atoms with Crippen LogP contribution in [-0.2, 0) is 22.4 Å². The lowest BCUT2D eigenvalue weighted by atomic mass is 9.81. The maximum Gasteiger partial charge on any atom is 0.390 e. The zero-order chi connectivity index (χ0) is 25.5. The summed E-state index contributed by atoms with van der Waals surface area (Å²) < 4.78 is 10.3. The van der Waals surface area contributed by atoms with E-state index in [1.54, 1.807) is 0 Å². The molecule has 0 aliphatic heterocycles. The highest BCUT2D eigenvalue weighted by molar-refractivity contribution is 5.86. The quantitative estimate of drug-likeness (QED) is 0.418. The van der Waals surface area contributed by atoms with E-state index < -0.39 is 11.2 Å². The van der Waals surface area contributed by atoms with Gasteiger partial charge in [0.05, 0.1) is 5.56 Å². The minimum atomic E-state index is -0.497. The first-order valence-corrected chi connectivity index (χ1v) is 11.4. The van der Waals surface area contributed by atoms with E-state index in [1.165, 1.54) is 12.3 Å². The largest absolute Gasteiger partial charge is 0.502 e. The van der Waals surface area contributed by atoms with Gasteiger partial charge in [-0.15, -0.1) is 0 Å². The molecular weight excluding hydrogens is 440 g/mol. The number of ketones is 2. The zero-order valence-electron chi connectivity index (χ0n) is 20.3. The third kappa shape index (κ3) is 8.65. The Balaban J connectivity index is 1.75. The molecule has 0 saturated carbocycles. The molecule has 0 bridgehead atoms. The van der Waals surface area contributed by atoms with Crippen molar-refractivity contribution >= 4 is 11.6 Å². The molecule has 0 unspecified atom stereocenters. The SMILES string of the molecule is CC(C)(CCC(=O)CCC(=O)CCC(C)(C)Cc1cocc(O)c1=[OH+])Cc1cc(=O)c(O)co1. The maximum absolute atomic E-state index is 12.3. The summed E-state index contributed by atoms with van der Waals surface area (Å²) in [5, 5.41) is 18.9. The molecule has 186 valence electrons. The van der Waals surface area contributed by atoms with Gasteiger partial charge in [0.25, 0.3) is 5.75 Å². The highest BCUT2D eigenvalue weighted by Crippen LogP contribution is 2.29. The lowest BCUT2D eigenvalue weighted by Crippen LogP contribution is -2.22.